The second kappa shape index (κ2) is 4.33. The lowest BCUT2D eigenvalue weighted by Gasteiger charge is -2.10. The highest BCUT2D eigenvalue weighted by Gasteiger charge is 2.08. The van der Waals surface area contributed by atoms with Crippen LogP contribution in [-0.4, -0.2) is 0 Å². The summed E-state index contributed by atoms with van der Waals surface area (Å²) in [5.41, 5.74) is 2.26. The van der Waals surface area contributed by atoms with E-state index < -0.39 is 0 Å². The third-order valence-electron chi connectivity index (χ3n) is 2.13. The summed E-state index contributed by atoms with van der Waals surface area (Å²) in [4.78, 5) is 0. The molecule has 0 spiro atoms. The van der Waals surface area contributed by atoms with Crippen LogP contribution in [0.5, 0.6) is 0 Å². The molecule has 1 aromatic carbocycles. The van der Waals surface area contributed by atoms with Crippen molar-refractivity contribution in [3.05, 3.63) is 57.9 Å². The van der Waals surface area contributed by atoms with Gasteiger partial charge >= 0.3 is 0 Å². The van der Waals surface area contributed by atoms with Crippen LogP contribution < -0.4 is 0 Å². The molecular weight excluding hydrogens is 259 g/mol. The van der Waals surface area contributed by atoms with Gasteiger partial charge in [-0.3, -0.25) is 0 Å². The minimum Gasteiger partial charge on any atom is -0.0840 e. The van der Waals surface area contributed by atoms with Crippen molar-refractivity contribution < 1.29 is 0 Å². The topological polar surface area (TPSA) is 0 Å². The van der Waals surface area contributed by atoms with Gasteiger partial charge in [0.2, 0.25) is 0 Å². The molecule has 0 bridgehead atoms. The van der Waals surface area contributed by atoms with Crippen LogP contribution in [0.4, 0.5) is 0 Å². The second-order valence-corrected chi connectivity index (χ2v) is 4.43. The van der Waals surface area contributed by atoms with E-state index in [0.29, 0.717) is 0 Å². The molecule has 0 nitrogen and oxygen atoms in total. The van der Waals surface area contributed by atoms with Gasteiger partial charge in [-0.15, -0.1) is 0 Å². The van der Waals surface area contributed by atoms with Crippen LogP contribution in [0.1, 0.15) is 12.0 Å². The fourth-order valence-electron chi connectivity index (χ4n) is 1.41. The SMILES string of the molecule is ClC1=CC[CH]C=C1c1ccc(Br)cc1. The monoisotopic (exact) mass is 267 g/mol. The van der Waals surface area contributed by atoms with Gasteiger partial charge in [0.05, 0.1) is 0 Å². The summed E-state index contributed by atoms with van der Waals surface area (Å²) in [5.74, 6) is 0. The van der Waals surface area contributed by atoms with E-state index >= 15 is 0 Å². The van der Waals surface area contributed by atoms with E-state index in [9.17, 15) is 0 Å². The number of hydrogen-bond acceptors (Lipinski definition) is 0. The molecule has 0 atom stereocenters. The maximum Gasteiger partial charge on any atom is 0.0441 e. The third kappa shape index (κ3) is 2.10. The Balaban J connectivity index is 2.35. The molecule has 1 aromatic rings. The average molecular weight is 269 g/mol. The van der Waals surface area contributed by atoms with Gasteiger partial charge in [0.15, 0.2) is 0 Å². The third-order valence-corrected chi connectivity index (χ3v) is 3.02. The number of rotatable bonds is 1. The van der Waals surface area contributed by atoms with Gasteiger partial charge in [0.1, 0.15) is 0 Å². The standard InChI is InChI=1S/C12H9BrCl/c13-10-7-5-9(6-8-10)11-3-1-2-4-12(11)14/h1,3-8H,2H2. The van der Waals surface area contributed by atoms with Gasteiger partial charge in [-0.25, -0.2) is 0 Å². The highest BCUT2D eigenvalue weighted by Crippen LogP contribution is 2.30. The second-order valence-electron chi connectivity index (χ2n) is 3.11. The molecule has 2 rings (SSSR count). The molecule has 1 aliphatic carbocycles. The van der Waals surface area contributed by atoms with Crippen LogP contribution in [0.15, 0.2) is 45.9 Å². The summed E-state index contributed by atoms with van der Waals surface area (Å²) < 4.78 is 1.08. The molecule has 0 saturated carbocycles. The fourth-order valence-corrected chi connectivity index (χ4v) is 1.94. The molecule has 1 aliphatic rings. The molecule has 0 unspecified atom stereocenters. The van der Waals surface area contributed by atoms with Crippen LogP contribution in [0, 0.1) is 6.42 Å². The van der Waals surface area contributed by atoms with Gasteiger partial charge < -0.3 is 0 Å². The minimum absolute atomic E-state index is 0.842. The van der Waals surface area contributed by atoms with Crippen molar-refractivity contribution in [3.63, 3.8) is 0 Å². The first-order valence-corrected chi connectivity index (χ1v) is 5.60. The van der Waals surface area contributed by atoms with E-state index in [1.54, 1.807) is 0 Å². The van der Waals surface area contributed by atoms with Crippen LogP contribution >= 0.6 is 27.5 Å². The first kappa shape index (κ1) is 10.0. The number of hydrogen-bond donors (Lipinski definition) is 0. The predicted molar refractivity (Wildman–Crippen MR) is 65.0 cm³/mol. The van der Waals surface area contributed by atoms with Gasteiger partial charge in [0, 0.05) is 9.51 Å². The molecule has 0 fully saturated rings. The minimum atomic E-state index is 0.842. The summed E-state index contributed by atoms with van der Waals surface area (Å²) in [6.45, 7) is 0. The number of allylic oxidation sites excluding steroid dienone is 4. The van der Waals surface area contributed by atoms with Gasteiger partial charge in [-0.1, -0.05) is 51.8 Å². The first-order valence-electron chi connectivity index (χ1n) is 4.43. The molecule has 0 amide bonds. The molecule has 0 saturated heterocycles. The zero-order chi connectivity index (χ0) is 9.97. The Bertz CT molecular complexity index is 387. The van der Waals surface area contributed by atoms with E-state index in [-0.39, 0.29) is 0 Å². The van der Waals surface area contributed by atoms with E-state index in [2.05, 4.69) is 40.6 Å². The van der Waals surface area contributed by atoms with Crippen LogP contribution in [-0.2, 0) is 0 Å². The van der Waals surface area contributed by atoms with Crippen molar-refractivity contribution in [1.82, 2.24) is 0 Å². The molecule has 71 valence electrons. The molecule has 1 radical (unpaired) electrons. The van der Waals surface area contributed by atoms with Crippen molar-refractivity contribution in [2.75, 3.05) is 0 Å². The Kier molecular flexibility index (Phi) is 3.09. The van der Waals surface area contributed by atoms with Crippen LogP contribution in [0.2, 0.25) is 0 Å². The highest BCUT2D eigenvalue weighted by molar-refractivity contribution is 9.10. The molecule has 2 heteroatoms. The molecule has 0 heterocycles. The quantitative estimate of drug-likeness (QED) is 0.700. The van der Waals surface area contributed by atoms with Crippen molar-refractivity contribution in [3.8, 4) is 0 Å². The molecule has 14 heavy (non-hydrogen) atoms. The van der Waals surface area contributed by atoms with Gasteiger partial charge in [0.25, 0.3) is 0 Å². The lowest BCUT2D eigenvalue weighted by Crippen LogP contribution is -1.90. The molecule has 0 aliphatic heterocycles. The van der Waals surface area contributed by atoms with Crippen LogP contribution in [0.3, 0.4) is 0 Å². The Morgan fingerprint density at radius 1 is 1.14 bits per heavy atom. The normalized spacial score (nSPS) is 16.1. The largest absolute Gasteiger partial charge is 0.0840 e. The van der Waals surface area contributed by atoms with Gasteiger partial charge in [-0.2, -0.15) is 0 Å². The Morgan fingerprint density at radius 2 is 1.86 bits per heavy atom. The summed E-state index contributed by atoms with van der Waals surface area (Å²) in [5, 5.41) is 0.842. The van der Waals surface area contributed by atoms with Crippen molar-refractivity contribution in [1.29, 1.82) is 0 Å². The zero-order valence-corrected chi connectivity index (χ0v) is 9.85. The number of benzene rings is 1. The Labute approximate surface area is 97.4 Å². The lowest BCUT2D eigenvalue weighted by atomic mass is 9.99. The van der Waals surface area contributed by atoms with E-state index in [0.717, 1.165) is 27.1 Å². The molecule has 0 N–H and O–H groups in total. The maximum absolute atomic E-state index is 6.12. The summed E-state index contributed by atoms with van der Waals surface area (Å²) in [7, 11) is 0. The predicted octanol–water partition coefficient (Wildman–Crippen LogP) is 4.56. The summed E-state index contributed by atoms with van der Waals surface area (Å²) in [6.07, 6.45) is 7.15. The zero-order valence-electron chi connectivity index (χ0n) is 7.50. The molecule has 0 aromatic heterocycles. The van der Waals surface area contributed by atoms with Gasteiger partial charge in [-0.05, 0) is 36.1 Å². The maximum atomic E-state index is 6.12. The Morgan fingerprint density at radius 3 is 2.50 bits per heavy atom. The van der Waals surface area contributed by atoms with E-state index in [1.165, 1.54) is 0 Å². The molecular formula is C12H9BrCl. The smallest absolute Gasteiger partial charge is 0.0441 e. The average Bonchev–Trinajstić information content (AvgIpc) is 2.20. The summed E-state index contributed by atoms with van der Waals surface area (Å²) >= 11 is 9.53. The summed E-state index contributed by atoms with van der Waals surface area (Å²) in [6, 6.07) is 8.17. The first-order chi connectivity index (χ1) is 6.77. The van der Waals surface area contributed by atoms with Crippen molar-refractivity contribution in [2.45, 2.75) is 6.42 Å². The highest BCUT2D eigenvalue weighted by atomic mass is 79.9. The van der Waals surface area contributed by atoms with Crippen molar-refractivity contribution >= 4 is 33.1 Å². The van der Waals surface area contributed by atoms with E-state index in [1.807, 2.05) is 18.2 Å². The Hall–Kier alpha value is -0.530. The number of halogens is 2. The van der Waals surface area contributed by atoms with Crippen LogP contribution in [0.25, 0.3) is 5.57 Å². The lowest BCUT2D eigenvalue weighted by molar-refractivity contribution is 1.26. The fraction of sp³-hybridized carbons (Fsp3) is 0.0833. The van der Waals surface area contributed by atoms with Crippen molar-refractivity contribution in [2.24, 2.45) is 0 Å². The van der Waals surface area contributed by atoms with E-state index in [4.69, 9.17) is 11.6 Å².